The van der Waals surface area contributed by atoms with Crippen molar-refractivity contribution < 1.29 is 9.59 Å². The molecule has 4 rings (SSSR count). The molecule has 1 aliphatic rings. The highest BCUT2D eigenvalue weighted by Crippen LogP contribution is 2.23. The minimum Gasteiger partial charge on any atom is -0.352 e. The highest BCUT2D eigenvalue weighted by Gasteiger charge is 2.21. The first kappa shape index (κ1) is 19.5. The highest BCUT2D eigenvalue weighted by atomic mass is 32.1. The average molecular weight is 409 g/mol. The Morgan fingerprint density at radius 1 is 0.966 bits per heavy atom. The van der Waals surface area contributed by atoms with E-state index in [1.54, 1.807) is 23.5 Å². The highest BCUT2D eigenvalue weighted by molar-refractivity contribution is 7.18. The van der Waals surface area contributed by atoms with Crippen LogP contribution in [-0.4, -0.2) is 59.3 Å². The van der Waals surface area contributed by atoms with Gasteiger partial charge in [0.15, 0.2) is 0 Å². The Balaban J connectivity index is 1.20. The summed E-state index contributed by atoms with van der Waals surface area (Å²) in [4.78, 5) is 33.4. The molecule has 1 fully saturated rings. The summed E-state index contributed by atoms with van der Waals surface area (Å²) in [6, 6.07) is 17.3. The van der Waals surface area contributed by atoms with E-state index in [1.807, 2.05) is 41.3 Å². The molecule has 1 N–H and O–H groups in total. The zero-order chi connectivity index (χ0) is 20.1. The summed E-state index contributed by atoms with van der Waals surface area (Å²) in [6.45, 7) is 4.32. The number of amides is 2. The third-order valence-electron chi connectivity index (χ3n) is 5.08. The summed E-state index contributed by atoms with van der Waals surface area (Å²) >= 11 is 1.74. The summed E-state index contributed by atoms with van der Waals surface area (Å²) < 4.78 is 1.22. The molecule has 3 aromatic rings. The number of thiazole rings is 1. The Bertz CT molecular complexity index is 948. The van der Waals surface area contributed by atoms with Gasteiger partial charge in [-0.1, -0.05) is 30.3 Å². The molecule has 1 aromatic heterocycles. The molecule has 0 spiro atoms. The number of benzene rings is 2. The SMILES string of the molecule is O=C(NCCC(=O)N1CCN(Cc2nc3ccccc3s2)CC1)c1ccccc1. The molecule has 2 aromatic carbocycles. The van der Waals surface area contributed by atoms with Crippen molar-refractivity contribution in [2.75, 3.05) is 32.7 Å². The zero-order valence-electron chi connectivity index (χ0n) is 16.2. The smallest absolute Gasteiger partial charge is 0.251 e. The van der Waals surface area contributed by atoms with E-state index >= 15 is 0 Å². The van der Waals surface area contributed by atoms with E-state index in [0.29, 0.717) is 18.5 Å². The van der Waals surface area contributed by atoms with Crippen molar-refractivity contribution in [3.8, 4) is 0 Å². The largest absolute Gasteiger partial charge is 0.352 e. The van der Waals surface area contributed by atoms with Gasteiger partial charge in [-0.25, -0.2) is 4.98 Å². The lowest BCUT2D eigenvalue weighted by atomic mass is 10.2. The van der Waals surface area contributed by atoms with E-state index in [2.05, 4.69) is 16.3 Å². The van der Waals surface area contributed by atoms with Gasteiger partial charge in [0.05, 0.1) is 16.8 Å². The van der Waals surface area contributed by atoms with Gasteiger partial charge in [-0.15, -0.1) is 11.3 Å². The lowest BCUT2D eigenvalue weighted by Crippen LogP contribution is -2.48. The van der Waals surface area contributed by atoms with Crippen LogP contribution in [0.1, 0.15) is 21.8 Å². The summed E-state index contributed by atoms with van der Waals surface area (Å²) in [5, 5.41) is 3.94. The van der Waals surface area contributed by atoms with Gasteiger partial charge in [-0.2, -0.15) is 0 Å². The third kappa shape index (κ3) is 4.99. The van der Waals surface area contributed by atoms with Crippen molar-refractivity contribution in [1.82, 2.24) is 20.1 Å². The lowest BCUT2D eigenvalue weighted by Gasteiger charge is -2.34. The Labute approximate surface area is 174 Å². The molecule has 2 heterocycles. The average Bonchev–Trinajstić information content (AvgIpc) is 3.17. The number of piperazine rings is 1. The van der Waals surface area contributed by atoms with Crippen LogP contribution in [0.4, 0.5) is 0 Å². The van der Waals surface area contributed by atoms with Crippen LogP contribution in [0.2, 0.25) is 0 Å². The summed E-state index contributed by atoms with van der Waals surface area (Å²) in [6.07, 6.45) is 0.330. The molecule has 29 heavy (non-hydrogen) atoms. The molecule has 1 aliphatic heterocycles. The first-order valence-corrected chi connectivity index (χ1v) is 10.7. The van der Waals surface area contributed by atoms with Gasteiger partial charge in [0.1, 0.15) is 5.01 Å². The molecule has 0 aliphatic carbocycles. The van der Waals surface area contributed by atoms with E-state index in [1.165, 1.54) is 4.70 Å². The van der Waals surface area contributed by atoms with Crippen molar-refractivity contribution in [1.29, 1.82) is 0 Å². The number of fused-ring (bicyclic) bond motifs is 1. The number of nitrogens with one attached hydrogen (secondary N) is 1. The van der Waals surface area contributed by atoms with Gasteiger partial charge >= 0.3 is 0 Å². The molecule has 7 heteroatoms. The fourth-order valence-corrected chi connectivity index (χ4v) is 4.48. The lowest BCUT2D eigenvalue weighted by molar-refractivity contribution is -0.132. The molecule has 2 amide bonds. The Morgan fingerprint density at radius 3 is 2.45 bits per heavy atom. The van der Waals surface area contributed by atoms with Gasteiger partial charge in [0.2, 0.25) is 5.91 Å². The molecule has 0 radical (unpaired) electrons. The fourth-order valence-electron chi connectivity index (χ4n) is 3.47. The Kier molecular flexibility index (Phi) is 6.17. The van der Waals surface area contributed by atoms with Gasteiger partial charge in [-0.05, 0) is 24.3 Å². The summed E-state index contributed by atoms with van der Waals surface area (Å²) in [5.74, 6) is -0.0444. The topological polar surface area (TPSA) is 65.5 Å². The molecule has 1 saturated heterocycles. The van der Waals surface area contributed by atoms with Crippen LogP contribution in [0.3, 0.4) is 0 Å². The van der Waals surface area contributed by atoms with Crippen molar-refractivity contribution in [2.45, 2.75) is 13.0 Å². The standard InChI is InChI=1S/C22H24N4O2S/c27-21(10-11-23-22(28)17-6-2-1-3-7-17)26-14-12-25(13-15-26)16-20-24-18-8-4-5-9-19(18)29-20/h1-9H,10-16H2,(H,23,28). The summed E-state index contributed by atoms with van der Waals surface area (Å²) in [7, 11) is 0. The number of para-hydroxylation sites is 1. The van der Waals surface area contributed by atoms with Crippen LogP contribution in [0.5, 0.6) is 0 Å². The second kappa shape index (κ2) is 9.15. The molecular weight excluding hydrogens is 384 g/mol. The van der Waals surface area contributed by atoms with Crippen LogP contribution in [0.25, 0.3) is 10.2 Å². The molecule has 0 unspecified atom stereocenters. The van der Waals surface area contributed by atoms with Gasteiger partial charge in [0.25, 0.3) is 5.91 Å². The first-order chi connectivity index (χ1) is 14.2. The second-order valence-electron chi connectivity index (χ2n) is 7.10. The van der Waals surface area contributed by atoms with E-state index < -0.39 is 0 Å². The summed E-state index contributed by atoms with van der Waals surface area (Å²) in [5.41, 5.74) is 1.67. The van der Waals surface area contributed by atoms with E-state index in [4.69, 9.17) is 4.98 Å². The number of nitrogens with zero attached hydrogens (tertiary/aromatic N) is 3. The maximum atomic E-state index is 12.4. The van der Waals surface area contributed by atoms with E-state index in [0.717, 1.165) is 43.2 Å². The molecule has 150 valence electrons. The minimum atomic E-state index is -0.140. The quantitative estimate of drug-likeness (QED) is 0.681. The van der Waals surface area contributed by atoms with Crippen LogP contribution < -0.4 is 5.32 Å². The number of carbonyl (C=O) groups is 2. The Hall–Kier alpha value is -2.77. The predicted octanol–water partition coefficient (Wildman–Crippen LogP) is 2.76. The maximum Gasteiger partial charge on any atom is 0.251 e. The molecule has 0 bridgehead atoms. The van der Waals surface area contributed by atoms with Crippen molar-refractivity contribution in [3.05, 3.63) is 65.2 Å². The number of aromatic nitrogens is 1. The van der Waals surface area contributed by atoms with Crippen LogP contribution in [-0.2, 0) is 11.3 Å². The molecular formula is C22H24N4O2S. The monoisotopic (exact) mass is 408 g/mol. The molecule has 6 nitrogen and oxygen atoms in total. The first-order valence-electron chi connectivity index (χ1n) is 9.87. The number of carbonyl (C=O) groups excluding carboxylic acids is 2. The number of hydrogen-bond donors (Lipinski definition) is 1. The Morgan fingerprint density at radius 2 is 1.69 bits per heavy atom. The van der Waals surface area contributed by atoms with Crippen LogP contribution in [0, 0.1) is 0 Å². The van der Waals surface area contributed by atoms with Crippen LogP contribution in [0.15, 0.2) is 54.6 Å². The number of rotatable bonds is 6. The van der Waals surface area contributed by atoms with Crippen molar-refractivity contribution in [3.63, 3.8) is 0 Å². The van der Waals surface area contributed by atoms with Crippen molar-refractivity contribution >= 4 is 33.4 Å². The normalized spacial score (nSPS) is 14.8. The van der Waals surface area contributed by atoms with E-state index in [-0.39, 0.29) is 11.8 Å². The van der Waals surface area contributed by atoms with Crippen LogP contribution >= 0.6 is 11.3 Å². The van der Waals surface area contributed by atoms with E-state index in [9.17, 15) is 9.59 Å². The third-order valence-corrected chi connectivity index (χ3v) is 6.10. The zero-order valence-corrected chi connectivity index (χ0v) is 17.0. The van der Waals surface area contributed by atoms with Crippen molar-refractivity contribution in [2.24, 2.45) is 0 Å². The number of hydrogen-bond acceptors (Lipinski definition) is 5. The van der Waals surface area contributed by atoms with Gasteiger partial charge < -0.3 is 10.2 Å². The predicted molar refractivity (Wildman–Crippen MR) is 115 cm³/mol. The molecule has 0 saturated carbocycles. The van der Waals surface area contributed by atoms with Gasteiger partial charge in [-0.3, -0.25) is 14.5 Å². The van der Waals surface area contributed by atoms with Gasteiger partial charge in [0, 0.05) is 44.7 Å². The maximum absolute atomic E-state index is 12.4. The molecule has 0 atom stereocenters. The fraction of sp³-hybridized carbons (Fsp3) is 0.318. The minimum absolute atomic E-state index is 0.0954. The second-order valence-corrected chi connectivity index (χ2v) is 8.22.